The highest BCUT2D eigenvalue weighted by atomic mass is 32.2. The van der Waals surface area contributed by atoms with Crippen molar-refractivity contribution in [3.8, 4) is 0 Å². The summed E-state index contributed by atoms with van der Waals surface area (Å²) in [5, 5.41) is 2.77. The average Bonchev–Trinajstić information content (AvgIpc) is 2.46. The third kappa shape index (κ3) is 4.26. The Hall–Kier alpha value is -1.94. The lowest BCUT2D eigenvalue weighted by Gasteiger charge is -2.08. The van der Waals surface area contributed by atoms with Crippen molar-refractivity contribution in [3.05, 3.63) is 59.2 Å². The van der Waals surface area contributed by atoms with Crippen molar-refractivity contribution in [1.82, 2.24) is 5.32 Å². The fourth-order valence-electron chi connectivity index (χ4n) is 2.05. The second-order valence-electron chi connectivity index (χ2n) is 4.89. The molecular weight excluding hydrogens is 280 g/mol. The quantitative estimate of drug-likeness (QED) is 0.655. The molecule has 3 nitrogen and oxygen atoms in total. The van der Waals surface area contributed by atoms with Crippen molar-refractivity contribution in [2.75, 3.05) is 12.3 Å². The third-order valence-electron chi connectivity index (χ3n) is 3.09. The summed E-state index contributed by atoms with van der Waals surface area (Å²) in [4.78, 5) is 12.8. The molecule has 0 fully saturated rings. The Morgan fingerprint density at radius 1 is 1.24 bits per heavy atom. The first kappa shape index (κ1) is 15.4. The topological polar surface area (TPSA) is 55.1 Å². The Kier molecular flexibility index (Phi) is 5.28. The van der Waals surface area contributed by atoms with Crippen LogP contribution in [-0.2, 0) is 5.75 Å². The third-order valence-corrected chi connectivity index (χ3v) is 4.25. The van der Waals surface area contributed by atoms with Gasteiger partial charge in [0.05, 0.1) is 0 Å². The number of amides is 1. The van der Waals surface area contributed by atoms with Crippen LogP contribution in [0.15, 0.2) is 47.4 Å². The number of hydrogen-bond donors (Lipinski definition) is 2. The molecule has 0 radical (unpaired) electrons. The van der Waals surface area contributed by atoms with E-state index in [0.717, 1.165) is 10.6 Å². The van der Waals surface area contributed by atoms with E-state index in [-0.39, 0.29) is 5.91 Å². The lowest BCUT2D eigenvalue weighted by atomic mass is 10.2. The number of nitrogens with one attached hydrogen (secondary N) is 1. The minimum Gasteiger partial charge on any atom is -0.398 e. The molecule has 1 amide bonds. The van der Waals surface area contributed by atoms with Gasteiger partial charge in [0.1, 0.15) is 0 Å². The minimum absolute atomic E-state index is 0.0839. The first-order chi connectivity index (χ1) is 10.1. The van der Waals surface area contributed by atoms with E-state index < -0.39 is 0 Å². The molecule has 4 heteroatoms. The SMILES string of the molecule is CCNC(=O)c1ccc(SCc2cccc(C)c2)c(N)c1. The van der Waals surface area contributed by atoms with E-state index in [1.54, 1.807) is 17.8 Å². The summed E-state index contributed by atoms with van der Waals surface area (Å²) < 4.78 is 0. The first-order valence-electron chi connectivity index (χ1n) is 6.96. The summed E-state index contributed by atoms with van der Waals surface area (Å²) >= 11 is 1.69. The maximum Gasteiger partial charge on any atom is 0.251 e. The summed E-state index contributed by atoms with van der Waals surface area (Å²) in [7, 11) is 0. The Morgan fingerprint density at radius 2 is 2.05 bits per heavy atom. The number of hydrogen-bond acceptors (Lipinski definition) is 3. The summed E-state index contributed by atoms with van der Waals surface area (Å²) in [6.45, 7) is 4.60. The summed E-state index contributed by atoms with van der Waals surface area (Å²) in [5.74, 6) is 0.784. The van der Waals surface area contributed by atoms with Gasteiger partial charge in [-0.25, -0.2) is 0 Å². The van der Waals surface area contributed by atoms with Crippen molar-refractivity contribution >= 4 is 23.4 Å². The summed E-state index contributed by atoms with van der Waals surface area (Å²) in [5.41, 5.74) is 9.83. The van der Waals surface area contributed by atoms with Gasteiger partial charge >= 0.3 is 0 Å². The highest BCUT2D eigenvalue weighted by Gasteiger charge is 2.07. The largest absolute Gasteiger partial charge is 0.398 e. The molecule has 0 heterocycles. The molecule has 0 saturated carbocycles. The van der Waals surface area contributed by atoms with Crippen LogP contribution in [0.25, 0.3) is 0 Å². The van der Waals surface area contributed by atoms with Crippen LogP contribution in [0.5, 0.6) is 0 Å². The second-order valence-corrected chi connectivity index (χ2v) is 5.91. The van der Waals surface area contributed by atoms with Crippen LogP contribution < -0.4 is 11.1 Å². The number of benzene rings is 2. The van der Waals surface area contributed by atoms with Gasteiger partial charge in [0.2, 0.25) is 0 Å². The van der Waals surface area contributed by atoms with E-state index in [9.17, 15) is 4.79 Å². The minimum atomic E-state index is -0.0839. The van der Waals surface area contributed by atoms with Crippen molar-refractivity contribution in [2.24, 2.45) is 0 Å². The number of nitrogens with two attached hydrogens (primary N) is 1. The Bertz CT molecular complexity index is 640. The van der Waals surface area contributed by atoms with Crippen LogP contribution in [0.1, 0.15) is 28.4 Å². The predicted octanol–water partition coefficient (Wildman–Crippen LogP) is 3.62. The van der Waals surface area contributed by atoms with Gasteiger partial charge in [-0.2, -0.15) is 0 Å². The number of anilines is 1. The molecule has 0 bridgehead atoms. The van der Waals surface area contributed by atoms with E-state index in [0.29, 0.717) is 17.8 Å². The molecular formula is C17H20N2OS. The number of rotatable bonds is 5. The molecule has 2 aromatic rings. The van der Waals surface area contributed by atoms with E-state index in [2.05, 4.69) is 36.5 Å². The molecule has 0 aliphatic carbocycles. The van der Waals surface area contributed by atoms with E-state index >= 15 is 0 Å². The van der Waals surface area contributed by atoms with Crippen LogP contribution >= 0.6 is 11.8 Å². The molecule has 21 heavy (non-hydrogen) atoms. The normalized spacial score (nSPS) is 10.4. The molecule has 0 saturated heterocycles. The van der Waals surface area contributed by atoms with Crippen molar-refractivity contribution < 1.29 is 4.79 Å². The van der Waals surface area contributed by atoms with Crippen LogP contribution in [-0.4, -0.2) is 12.5 Å². The van der Waals surface area contributed by atoms with Crippen LogP contribution in [0.3, 0.4) is 0 Å². The van der Waals surface area contributed by atoms with Gasteiger partial charge < -0.3 is 11.1 Å². The molecule has 0 aliphatic heterocycles. The average molecular weight is 300 g/mol. The zero-order chi connectivity index (χ0) is 15.2. The molecule has 0 unspecified atom stereocenters. The van der Waals surface area contributed by atoms with Crippen molar-refractivity contribution in [1.29, 1.82) is 0 Å². The first-order valence-corrected chi connectivity index (χ1v) is 7.94. The number of carbonyl (C=O) groups excluding carboxylic acids is 1. The molecule has 0 spiro atoms. The Labute approximate surface area is 129 Å². The Morgan fingerprint density at radius 3 is 2.71 bits per heavy atom. The number of aryl methyl sites for hydroxylation is 1. The molecule has 0 atom stereocenters. The molecule has 2 aromatic carbocycles. The lowest BCUT2D eigenvalue weighted by molar-refractivity contribution is 0.0956. The van der Waals surface area contributed by atoms with Crippen LogP contribution in [0.4, 0.5) is 5.69 Å². The van der Waals surface area contributed by atoms with E-state index in [1.165, 1.54) is 11.1 Å². The molecule has 110 valence electrons. The predicted molar refractivity (Wildman–Crippen MR) is 89.6 cm³/mol. The Balaban J connectivity index is 2.06. The van der Waals surface area contributed by atoms with E-state index in [4.69, 9.17) is 5.73 Å². The maximum atomic E-state index is 11.8. The maximum absolute atomic E-state index is 11.8. The highest BCUT2D eigenvalue weighted by molar-refractivity contribution is 7.98. The second kappa shape index (κ2) is 7.18. The van der Waals surface area contributed by atoms with Crippen LogP contribution in [0.2, 0.25) is 0 Å². The van der Waals surface area contributed by atoms with Crippen molar-refractivity contribution in [2.45, 2.75) is 24.5 Å². The summed E-state index contributed by atoms with van der Waals surface area (Å²) in [6, 6.07) is 13.9. The van der Waals surface area contributed by atoms with Crippen LogP contribution in [0, 0.1) is 6.92 Å². The zero-order valence-electron chi connectivity index (χ0n) is 12.3. The molecule has 0 aromatic heterocycles. The van der Waals surface area contributed by atoms with Gasteiger partial charge in [0, 0.05) is 28.4 Å². The van der Waals surface area contributed by atoms with Crippen molar-refractivity contribution in [3.63, 3.8) is 0 Å². The van der Waals surface area contributed by atoms with Gasteiger partial charge in [-0.3, -0.25) is 4.79 Å². The van der Waals surface area contributed by atoms with E-state index in [1.807, 2.05) is 19.1 Å². The lowest BCUT2D eigenvalue weighted by Crippen LogP contribution is -2.22. The smallest absolute Gasteiger partial charge is 0.251 e. The van der Waals surface area contributed by atoms with Gasteiger partial charge in [0.25, 0.3) is 5.91 Å². The highest BCUT2D eigenvalue weighted by Crippen LogP contribution is 2.29. The molecule has 3 N–H and O–H groups in total. The monoisotopic (exact) mass is 300 g/mol. The van der Waals surface area contributed by atoms with Gasteiger partial charge in [-0.05, 0) is 37.6 Å². The number of nitrogen functional groups attached to an aromatic ring is 1. The zero-order valence-corrected chi connectivity index (χ0v) is 13.2. The summed E-state index contributed by atoms with van der Waals surface area (Å²) in [6.07, 6.45) is 0. The molecule has 2 rings (SSSR count). The fraction of sp³-hybridized carbons (Fsp3) is 0.235. The fourth-order valence-corrected chi connectivity index (χ4v) is 2.94. The standard InChI is InChI=1S/C17H20N2OS/c1-3-19-17(20)14-7-8-16(15(18)10-14)21-11-13-6-4-5-12(2)9-13/h4-10H,3,11,18H2,1-2H3,(H,19,20). The van der Waals surface area contributed by atoms with Gasteiger partial charge in [-0.1, -0.05) is 29.8 Å². The number of carbonyl (C=O) groups is 1. The molecule has 0 aliphatic rings. The van der Waals surface area contributed by atoms with Gasteiger partial charge in [-0.15, -0.1) is 11.8 Å². The van der Waals surface area contributed by atoms with Gasteiger partial charge in [0.15, 0.2) is 0 Å². The number of thioether (sulfide) groups is 1.